The van der Waals surface area contributed by atoms with Gasteiger partial charge in [0.25, 0.3) is 0 Å². The van der Waals surface area contributed by atoms with Crippen molar-refractivity contribution in [1.82, 2.24) is 9.80 Å². The van der Waals surface area contributed by atoms with E-state index in [9.17, 15) is 28.7 Å². The first-order valence-corrected chi connectivity index (χ1v) is 22.8. The minimum Gasteiger partial charge on any atom is -0.481 e. The fraction of sp³-hybridized carbons (Fsp3) is 0.760. The highest BCUT2D eigenvalue weighted by atomic mass is 19.1. The predicted octanol–water partition coefficient (Wildman–Crippen LogP) is 9.51. The summed E-state index contributed by atoms with van der Waals surface area (Å²) in [5.41, 5.74) is 1.03. The Kier molecular flexibility index (Phi) is 12.8. The molecular weight excluding hydrogens is 760 g/mol. The van der Waals surface area contributed by atoms with Crippen molar-refractivity contribution >= 4 is 23.7 Å². The SMILES string of the molecule is CC(=O)O[C@H](CN(CCN(C)C)Cc1ccc(F)cc1)[C@@]12CC[C@]3(C)[C@H](CC[C@@H]4[C@@]5(C)CC[C@H](OC(=O)CC(C)(C)C(=O)O)C(C)(C)C5CC[C@]43C)C1=C(C(C)C)C(=O)C2. The highest BCUT2D eigenvalue weighted by Crippen LogP contribution is 2.77. The maximum atomic E-state index is 14.6. The number of fused-ring (bicyclic) bond motifs is 7. The van der Waals surface area contributed by atoms with Crippen LogP contribution in [0.3, 0.4) is 0 Å². The molecule has 5 aliphatic carbocycles. The second-order valence-electron chi connectivity index (χ2n) is 22.3. The number of likely N-dealkylation sites (N-methyl/N-ethyl adjacent to an activating group) is 1. The number of carboxylic acids is 1. The van der Waals surface area contributed by atoms with Crippen LogP contribution < -0.4 is 0 Å². The van der Waals surface area contributed by atoms with E-state index in [1.807, 2.05) is 26.2 Å². The van der Waals surface area contributed by atoms with Gasteiger partial charge in [0.1, 0.15) is 18.0 Å². The summed E-state index contributed by atoms with van der Waals surface area (Å²) in [6.45, 7) is 23.6. The lowest BCUT2D eigenvalue weighted by Gasteiger charge is -2.72. The minimum absolute atomic E-state index is 0.0105. The lowest BCUT2D eigenvalue weighted by Crippen LogP contribution is -2.66. The molecule has 1 aromatic carbocycles. The summed E-state index contributed by atoms with van der Waals surface area (Å²) in [5, 5.41) is 9.67. The van der Waals surface area contributed by atoms with E-state index in [0.717, 1.165) is 75.6 Å². The van der Waals surface area contributed by atoms with Gasteiger partial charge in [0.05, 0.1) is 11.8 Å². The summed E-state index contributed by atoms with van der Waals surface area (Å²) < 4.78 is 26.7. The number of rotatable bonds is 14. The molecule has 4 saturated carbocycles. The molecular formula is C50H75FN2O7. The number of ether oxygens (including phenoxy) is 2. The van der Waals surface area contributed by atoms with Crippen LogP contribution in [0.15, 0.2) is 35.4 Å². The zero-order valence-corrected chi connectivity index (χ0v) is 38.8. The van der Waals surface area contributed by atoms with Crippen molar-refractivity contribution in [3.63, 3.8) is 0 Å². The van der Waals surface area contributed by atoms with E-state index in [1.165, 1.54) is 24.6 Å². The van der Waals surface area contributed by atoms with Gasteiger partial charge in [-0.1, -0.05) is 60.6 Å². The molecule has 9 atom stereocenters. The molecule has 0 heterocycles. The maximum absolute atomic E-state index is 14.6. The van der Waals surface area contributed by atoms with Crippen molar-refractivity contribution in [2.45, 2.75) is 152 Å². The fourth-order valence-corrected chi connectivity index (χ4v) is 14.1. The Bertz CT molecular complexity index is 1850. The fourth-order valence-electron chi connectivity index (χ4n) is 14.1. The lowest BCUT2D eigenvalue weighted by molar-refractivity contribution is -0.235. The number of hydrogen-bond donors (Lipinski definition) is 1. The molecule has 0 aliphatic heterocycles. The Morgan fingerprint density at radius 2 is 1.57 bits per heavy atom. The van der Waals surface area contributed by atoms with Crippen LogP contribution in [0.4, 0.5) is 4.39 Å². The van der Waals surface area contributed by atoms with E-state index in [-0.39, 0.29) is 63.6 Å². The molecule has 0 amide bonds. The van der Waals surface area contributed by atoms with E-state index in [4.69, 9.17) is 9.47 Å². The highest BCUT2D eigenvalue weighted by molar-refractivity contribution is 6.01. The van der Waals surface area contributed by atoms with Gasteiger partial charge in [-0.3, -0.25) is 24.1 Å². The Morgan fingerprint density at radius 3 is 2.17 bits per heavy atom. The quantitative estimate of drug-likeness (QED) is 0.183. The standard InChI is InChI=1S/C50H75FN2O7/c1-31(2)42-36(55)27-50(40(59-32(3)54)30-53(26-25-52(11)12)29-33-13-15-34(51)16-14-33)24-23-48(9)35(43(42)50)17-18-38-47(8)21-20-39(60-41(56)28-45(4,5)44(57)58)46(6,7)37(47)19-22-49(38,48)10/h13-16,31,35,37-40H,17-30H2,1-12H3,(H,57,58)/t35-,37?,38-,39+,40-,47+,48-,49-,50+/m1/s1. The van der Waals surface area contributed by atoms with Crippen LogP contribution in [0.2, 0.25) is 0 Å². The monoisotopic (exact) mass is 835 g/mol. The zero-order valence-electron chi connectivity index (χ0n) is 38.8. The number of benzene rings is 1. The molecule has 10 heteroatoms. The molecule has 60 heavy (non-hydrogen) atoms. The van der Waals surface area contributed by atoms with Crippen LogP contribution in [0.1, 0.15) is 139 Å². The van der Waals surface area contributed by atoms with E-state index in [1.54, 1.807) is 13.8 Å². The lowest BCUT2D eigenvalue weighted by atomic mass is 9.33. The number of carboxylic acid groups (broad SMARTS) is 1. The van der Waals surface area contributed by atoms with Crippen molar-refractivity contribution in [2.75, 3.05) is 33.7 Å². The number of allylic oxidation sites excluding steroid dienone is 1. The van der Waals surface area contributed by atoms with Crippen molar-refractivity contribution in [3.05, 3.63) is 46.8 Å². The molecule has 0 saturated heterocycles. The third-order valence-electron chi connectivity index (χ3n) is 17.4. The van der Waals surface area contributed by atoms with Gasteiger partial charge in [0, 0.05) is 50.4 Å². The normalized spacial score (nSPS) is 34.2. The van der Waals surface area contributed by atoms with Gasteiger partial charge in [0.2, 0.25) is 0 Å². The molecule has 0 spiro atoms. The van der Waals surface area contributed by atoms with Crippen LogP contribution >= 0.6 is 0 Å². The maximum Gasteiger partial charge on any atom is 0.309 e. The second kappa shape index (κ2) is 16.5. The first kappa shape index (κ1) is 46.4. The largest absolute Gasteiger partial charge is 0.481 e. The van der Waals surface area contributed by atoms with E-state index in [2.05, 4.69) is 58.3 Å². The third kappa shape index (κ3) is 8.03. The number of carbonyl (C=O) groups excluding carboxylic acids is 3. The van der Waals surface area contributed by atoms with Gasteiger partial charge in [-0.2, -0.15) is 0 Å². The molecule has 1 N–H and O–H groups in total. The van der Waals surface area contributed by atoms with Crippen LogP contribution in [-0.4, -0.2) is 84.5 Å². The molecule has 0 bridgehead atoms. The molecule has 6 rings (SSSR count). The van der Waals surface area contributed by atoms with Crippen molar-refractivity contribution in [1.29, 1.82) is 0 Å². The molecule has 334 valence electrons. The molecule has 9 nitrogen and oxygen atoms in total. The summed E-state index contributed by atoms with van der Waals surface area (Å²) in [6, 6.07) is 6.63. The van der Waals surface area contributed by atoms with Crippen LogP contribution in [-0.2, 0) is 35.2 Å². The van der Waals surface area contributed by atoms with Crippen molar-refractivity contribution < 1.29 is 38.1 Å². The summed E-state index contributed by atoms with van der Waals surface area (Å²) in [6.07, 6.45) is 6.85. The molecule has 1 aromatic rings. The van der Waals surface area contributed by atoms with Gasteiger partial charge < -0.3 is 19.5 Å². The average Bonchev–Trinajstić information content (AvgIpc) is 3.45. The van der Waals surface area contributed by atoms with Gasteiger partial charge >= 0.3 is 17.9 Å². The number of halogens is 1. The van der Waals surface area contributed by atoms with Gasteiger partial charge in [-0.05, 0) is 148 Å². The van der Waals surface area contributed by atoms with Gasteiger partial charge in [-0.15, -0.1) is 0 Å². The molecule has 0 radical (unpaired) electrons. The Balaban J connectivity index is 1.33. The first-order valence-electron chi connectivity index (χ1n) is 22.8. The summed E-state index contributed by atoms with van der Waals surface area (Å²) in [7, 11) is 4.09. The number of aliphatic carboxylic acids is 1. The Labute approximate surface area is 359 Å². The van der Waals surface area contributed by atoms with E-state index in [0.29, 0.717) is 31.3 Å². The topological polar surface area (TPSA) is 113 Å². The van der Waals surface area contributed by atoms with Crippen LogP contribution in [0.25, 0.3) is 0 Å². The van der Waals surface area contributed by atoms with Gasteiger partial charge in [0.15, 0.2) is 5.78 Å². The average molecular weight is 835 g/mol. The number of nitrogens with zero attached hydrogens (tertiary/aromatic N) is 2. The summed E-state index contributed by atoms with van der Waals surface area (Å²) in [4.78, 5) is 57.2. The van der Waals surface area contributed by atoms with Crippen molar-refractivity contribution in [2.24, 2.45) is 56.2 Å². The molecule has 1 unspecified atom stereocenters. The second-order valence-corrected chi connectivity index (χ2v) is 22.3. The number of carbonyl (C=O) groups is 4. The Hall–Kier alpha value is -3.11. The van der Waals surface area contributed by atoms with Crippen LogP contribution in [0, 0.1) is 62.0 Å². The van der Waals surface area contributed by atoms with E-state index < -0.39 is 28.9 Å². The minimum atomic E-state index is -1.19. The van der Waals surface area contributed by atoms with E-state index >= 15 is 0 Å². The highest BCUT2D eigenvalue weighted by Gasteiger charge is 2.71. The van der Waals surface area contributed by atoms with Crippen LogP contribution in [0.5, 0.6) is 0 Å². The molecule has 5 aliphatic rings. The Morgan fingerprint density at radius 1 is 0.900 bits per heavy atom. The number of Topliss-reactive ketones (excluding diaryl/α,β-unsaturated/α-hetero) is 1. The summed E-state index contributed by atoms with van der Waals surface area (Å²) in [5.74, 6) is -0.888. The smallest absolute Gasteiger partial charge is 0.309 e. The number of hydrogen-bond acceptors (Lipinski definition) is 8. The predicted molar refractivity (Wildman–Crippen MR) is 231 cm³/mol. The first-order chi connectivity index (χ1) is 27.8. The molecule has 0 aromatic heterocycles. The number of esters is 2. The number of ketones is 1. The zero-order chi connectivity index (χ0) is 44.4. The molecule has 4 fully saturated rings. The third-order valence-corrected chi connectivity index (χ3v) is 17.4. The summed E-state index contributed by atoms with van der Waals surface area (Å²) >= 11 is 0. The van der Waals surface area contributed by atoms with Crippen molar-refractivity contribution in [3.8, 4) is 0 Å². The van der Waals surface area contributed by atoms with Gasteiger partial charge in [-0.25, -0.2) is 4.39 Å².